The van der Waals surface area contributed by atoms with Gasteiger partial charge >= 0.3 is 0 Å². The number of nitrogens with one attached hydrogen (secondary N) is 1. The van der Waals surface area contributed by atoms with Gasteiger partial charge in [-0.15, -0.1) is 0 Å². The molecule has 1 heterocycles. The van der Waals surface area contributed by atoms with Gasteiger partial charge in [0.25, 0.3) is 0 Å². The van der Waals surface area contributed by atoms with Crippen LogP contribution < -0.4 is 10.2 Å². The summed E-state index contributed by atoms with van der Waals surface area (Å²) in [5.41, 5.74) is 1.11. The van der Waals surface area contributed by atoms with E-state index in [1.807, 2.05) is 0 Å². The zero-order valence-electron chi connectivity index (χ0n) is 11.0. The third-order valence-corrected chi connectivity index (χ3v) is 3.11. The van der Waals surface area contributed by atoms with Crippen LogP contribution >= 0.6 is 0 Å². The van der Waals surface area contributed by atoms with Gasteiger partial charge in [-0.05, 0) is 18.8 Å². The van der Waals surface area contributed by atoms with Crippen molar-refractivity contribution in [3.05, 3.63) is 18.1 Å². The topological polar surface area (TPSA) is 41.0 Å². The first-order valence-corrected chi connectivity index (χ1v) is 6.43. The molecule has 0 spiro atoms. The van der Waals surface area contributed by atoms with Crippen LogP contribution in [0.2, 0.25) is 0 Å². The van der Waals surface area contributed by atoms with Gasteiger partial charge in [0.1, 0.15) is 12.1 Å². The fraction of sp³-hybridized carbons (Fsp3) is 0.692. The molecule has 0 bridgehead atoms. The Balaban J connectivity index is 1.87. The Morgan fingerprint density at radius 3 is 2.82 bits per heavy atom. The van der Waals surface area contributed by atoms with Gasteiger partial charge in [0.2, 0.25) is 0 Å². The van der Waals surface area contributed by atoms with Crippen LogP contribution in [0.1, 0.15) is 38.3 Å². The Labute approximate surface area is 103 Å². The molecule has 0 amide bonds. The Morgan fingerprint density at radius 2 is 2.18 bits per heavy atom. The van der Waals surface area contributed by atoms with E-state index in [0.29, 0.717) is 5.92 Å². The van der Waals surface area contributed by atoms with Crippen LogP contribution in [0.25, 0.3) is 0 Å². The molecular formula is C13H22N4. The van der Waals surface area contributed by atoms with Crippen LogP contribution in [0.5, 0.6) is 0 Å². The third kappa shape index (κ3) is 3.66. The number of likely N-dealkylation sites (N-methyl/N-ethyl adjacent to an activating group) is 1. The molecule has 0 radical (unpaired) electrons. The fourth-order valence-electron chi connectivity index (χ4n) is 1.72. The molecule has 1 fully saturated rings. The van der Waals surface area contributed by atoms with Gasteiger partial charge in [-0.25, -0.2) is 9.97 Å². The van der Waals surface area contributed by atoms with Gasteiger partial charge in [-0.2, -0.15) is 0 Å². The van der Waals surface area contributed by atoms with E-state index in [1.165, 1.54) is 12.8 Å². The second-order valence-electron chi connectivity index (χ2n) is 5.11. The second kappa shape index (κ2) is 5.45. The molecule has 0 aromatic carbocycles. The van der Waals surface area contributed by atoms with Crippen molar-refractivity contribution in [2.75, 3.05) is 25.0 Å². The van der Waals surface area contributed by atoms with E-state index in [1.54, 1.807) is 6.33 Å². The van der Waals surface area contributed by atoms with Crippen molar-refractivity contribution in [2.45, 2.75) is 38.6 Å². The molecule has 4 nitrogen and oxygen atoms in total. The first kappa shape index (κ1) is 12.3. The van der Waals surface area contributed by atoms with Crippen molar-refractivity contribution in [1.82, 2.24) is 15.3 Å². The first-order chi connectivity index (χ1) is 8.16. The van der Waals surface area contributed by atoms with E-state index in [0.717, 1.165) is 30.6 Å². The maximum Gasteiger partial charge on any atom is 0.131 e. The lowest BCUT2D eigenvalue weighted by Gasteiger charge is -2.19. The van der Waals surface area contributed by atoms with Crippen molar-refractivity contribution in [3.63, 3.8) is 0 Å². The molecule has 1 saturated carbocycles. The van der Waals surface area contributed by atoms with Crippen molar-refractivity contribution in [3.8, 4) is 0 Å². The average molecular weight is 234 g/mol. The number of hydrogen-bond donors (Lipinski definition) is 1. The highest BCUT2D eigenvalue weighted by Crippen LogP contribution is 2.18. The van der Waals surface area contributed by atoms with Gasteiger partial charge in [-0.3, -0.25) is 0 Å². The molecule has 2 rings (SSSR count). The van der Waals surface area contributed by atoms with Crippen LogP contribution in [0.3, 0.4) is 0 Å². The van der Waals surface area contributed by atoms with Gasteiger partial charge in [-0.1, -0.05) is 13.8 Å². The van der Waals surface area contributed by atoms with Crippen LogP contribution in [0.15, 0.2) is 12.4 Å². The Morgan fingerprint density at radius 1 is 1.41 bits per heavy atom. The predicted molar refractivity (Wildman–Crippen MR) is 70.4 cm³/mol. The summed E-state index contributed by atoms with van der Waals surface area (Å²) in [5.74, 6) is 1.47. The minimum atomic E-state index is 0.453. The number of anilines is 1. The van der Waals surface area contributed by atoms with E-state index in [2.05, 4.69) is 47.1 Å². The Kier molecular flexibility index (Phi) is 3.94. The van der Waals surface area contributed by atoms with Crippen molar-refractivity contribution < 1.29 is 0 Å². The van der Waals surface area contributed by atoms with Gasteiger partial charge in [0, 0.05) is 37.9 Å². The fourth-order valence-corrected chi connectivity index (χ4v) is 1.72. The molecule has 4 heteroatoms. The Hall–Kier alpha value is -1.16. The zero-order chi connectivity index (χ0) is 12.3. The highest BCUT2D eigenvalue weighted by molar-refractivity contribution is 5.38. The highest BCUT2D eigenvalue weighted by atomic mass is 15.2. The summed E-state index contributed by atoms with van der Waals surface area (Å²) in [6.45, 7) is 6.33. The lowest BCUT2D eigenvalue weighted by atomic mass is 10.1. The normalized spacial score (nSPS) is 15.3. The van der Waals surface area contributed by atoms with Gasteiger partial charge in [0.15, 0.2) is 0 Å². The average Bonchev–Trinajstić information content (AvgIpc) is 3.13. The largest absolute Gasteiger partial charge is 0.358 e. The third-order valence-electron chi connectivity index (χ3n) is 3.11. The smallest absolute Gasteiger partial charge is 0.131 e. The van der Waals surface area contributed by atoms with Crippen molar-refractivity contribution >= 4 is 5.82 Å². The standard InChI is InChI=1S/C13H22N4/c1-10(2)12-8-13(16-9-15-12)17(3)7-6-14-11-4-5-11/h8-11,14H,4-7H2,1-3H3. The summed E-state index contributed by atoms with van der Waals surface area (Å²) in [5, 5.41) is 3.51. The predicted octanol–water partition coefficient (Wildman–Crippen LogP) is 1.79. The quantitative estimate of drug-likeness (QED) is 0.814. The maximum absolute atomic E-state index is 4.32. The molecule has 0 aliphatic heterocycles. The second-order valence-corrected chi connectivity index (χ2v) is 5.11. The van der Waals surface area contributed by atoms with Crippen molar-refractivity contribution in [1.29, 1.82) is 0 Å². The molecule has 1 N–H and O–H groups in total. The number of rotatable bonds is 6. The molecule has 1 aliphatic carbocycles. The van der Waals surface area contributed by atoms with Crippen LogP contribution in [0.4, 0.5) is 5.82 Å². The maximum atomic E-state index is 4.32. The Bertz CT molecular complexity index is 360. The number of aromatic nitrogens is 2. The summed E-state index contributed by atoms with van der Waals surface area (Å²) < 4.78 is 0. The number of hydrogen-bond acceptors (Lipinski definition) is 4. The van der Waals surface area contributed by atoms with Crippen LogP contribution in [0, 0.1) is 0 Å². The highest BCUT2D eigenvalue weighted by Gasteiger charge is 2.19. The van der Waals surface area contributed by atoms with E-state index >= 15 is 0 Å². The van der Waals surface area contributed by atoms with Gasteiger partial charge < -0.3 is 10.2 Å². The molecular weight excluding hydrogens is 212 g/mol. The molecule has 0 saturated heterocycles. The SMILES string of the molecule is CC(C)c1cc(N(C)CCNC2CC2)ncn1. The summed E-state index contributed by atoms with van der Waals surface area (Å²) >= 11 is 0. The van der Waals surface area contributed by atoms with E-state index in [-0.39, 0.29) is 0 Å². The van der Waals surface area contributed by atoms with Crippen LogP contribution in [-0.4, -0.2) is 36.1 Å². The zero-order valence-corrected chi connectivity index (χ0v) is 11.0. The molecule has 1 aliphatic rings. The first-order valence-electron chi connectivity index (χ1n) is 6.43. The molecule has 0 atom stereocenters. The lowest BCUT2D eigenvalue weighted by molar-refractivity contribution is 0.671. The minimum absolute atomic E-state index is 0.453. The molecule has 1 aromatic rings. The molecule has 1 aromatic heterocycles. The minimum Gasteiger partial charge on any atom is -0.358 e. The molecule has 94 valence electrons. The molecule has 0 unspecified atom stereocenters. The lowest BCUT2D eigenvalue weighted by Crippen LogP contribution is -2.30. The van der Waals surface area contributed by atoms with Gasteiger partial charge in [0.05, 0.1) is 0 Å². The number of nitrogens with zero attached hydrogens (tertiary/aromatic N) is 3. The van der Waals surface area contributed by atoms with Crippen molar-refractivity contribution in [2.24, 2.45) is 0 Å². The monoisotopic (exact) mass is 234 g/mol. The summed E-state index contributed by atoms with van der Waals surface area (Å²) in [7, 11) is 2.08. The van der Waals surface area contributed by atoms with E-state index in [4.69, 9.17) is 0 Å². The molecule has 17 heavy (non-hydrogen) atoms. The summed E-state index contributed by atoms with van der Waals surface area (Å²) in [6, 6.07) is 2.86. The van der Waals surface area contributed by atoms with Crippen LogP contribution in [-0.2, 0) is 0 Å². The van der Waals surface area contributed by atoms with E-state index < -0.39 is 0 Å². The summed E-state index contributed by atoms with van der Waals surface area (Å²) in [4.78, 5) is 10.8. The summed E-state index contributed by atoms with van der Waals surface area (Å²) in [6.07, 6.45) is 4.35. The van der Waals surface area contributed by atoms with E-state index in [9.17, 15) is 0 Å².